The Morgan fingerprint density at radius 2 is 2.11 bits per heavy atom. The number of carbonyl (C=O) groups excluding carboxylic acids is 1. The maximum atomic E-state index is 13.2. The maximum absolute atomic E-state index is 13.2. The lowest BCUT2D eigenvalue weighted by atomic mass is 9.95. The summed E-state index contributed by atoms with van der Waals surface area (Å²) in [6.45, 7) is 6.28. The molecule has 2 aliphatic heterocycles. The third kappa shape index (κ3) is 5.13. The molecule has 1 aromatic rings. The van der Waals surface area contributed by atoms with Crippen molar-refractivity contribution >= 4 is 5.91 Å². The van der Waals surface area contributed by atoms with Gasteiger partial charge in [-0.1, -0.05) is 0 Å². The van der Waals surface area contributed by atoms with Gasteiger partial charge in [-0.25, -0.2) is 0 Å². The van der Waals surface area contributed by atoms with Crippen molar-refractivity contribution in [2.24, 2.45) is 5.92 Å². The Hall–Kier alpha value is -1.44. The average molecular weight is 391 g/mol. The Balaban J connectivity index is 1.36. The largest absolute Gasteiger partial charge is 0.383 e. The minimum absolute atomic E-state index is 0.0560. The molecule has 1 amide bonds. The van der Waals surface area contributed by atoms with Crippen molar-refractivity contribution < 1.29 is 14.3 Å². The van der Waals surface area contributed by atoms with E-state index in [1.54, 1.807) is 7.11 Å². The highest BCUT2D eigenvalue weighted by atomic mass is 16.5. The van der Waals surface area contributed by atoms with Crippen LogP contribution in [0.2, 0.25) is 0 Å². The fraction of sp³-hybridized carbons (Fsp3) is 0.810. The van der Waals surface area contributed by atoms with Crippen LogP contribution in [0.4, 0.5) is 0 Å². The highest BCUT2D eigenvalue weighted by Gasteiger charge is 2.31. The van der Waals surface area contributed by atoms with E-state index in [1.807, 2.05) is 11.0 Å². The summed E-state index contributed by atoms with van der Waals surface area (Å²) in [5.41, 5.74) is 1.68. The molecule has 3 heterocycles. The number of rotatable bonds is 9. The number of nitrogens with one attached hydrogen (secondary N) is 1. The average Bonchev–Trinajstić information content (AvgIpc) is 3.22. The lowest BCUT2D eigenvalue weighted by Crippen LogP contribution is -2.44. The zero-order valence-corrected chi connectivity index (χ0v) is 17.1. The zero-order chi connectivity index (χ0) is 19.3. The van der Waals surface area contributed by atoms with E-state index in [4.69, 9.17) is 9.47 Å². The van der Waals surface area contributed by atoms with Gasteiger partial charge in [0.25, 0.3) is 5.91 Å². The Kier molecular flexibility index (Phi) is 6.65. The number of ether oxygens (including phenoxy) is 2. The molecule has 7 nitrogen and oxygen atoms in total. The molecule has 0 unspecified atom stereocenters. The first kappa shape index (κ1) is 19.9. The van der Waals surface area contributed by atoms with E-state index in [1.165, 1.54) is 12.8 Å². The Bertz CT molecular complexity index is 631. The van der Waals surface area contributed by atoms with Crippen molar-refractivity contribution in [2.75, 3.05) is 53.0 Å². The molecule has 0 radical (unpaired) electrons. The molecule has 7 heteroatoms. The van der Waals surface area contributed by atoms with Gasteiger partial charge in [0.2, 0.25) is 0 Å². The van der Waals surface area contributed by atoms with E-state index in [0.29, 0.717) is 24.1 Å². The number of hydrogen-bond donors (Lipinski definition) is 1. The van der Waals surface area contributed by atoms with Gasteiger partial charge >= 0.3 is 0 Å². The van der Waals surface area contributed by atoms with Crippen LogP contribution in [0.3, 0.4) is 0 Å². The molecule has 0 spiro atoms. The number of H-pyrrole nitrogens is 1. The number of methoxy groups -OCH3 is 1. The molecule has 3 fully saturated rings. The van der Waals surface area contributed by atoms with E-state index >= 15 is 0 Å². The van der Waals surface area contributed by atoms with Crippen LogP contribution in [0.15, 0.2) is 6.07 Å². The van der Waals surface area contributed by atoms with Crippen LogP contribution in [0.1, 0.15) is 60.6 Å². The summed E-state index contributed by atoms with van der Waals surface area (Å²) in [4.78, 5) is 17.7. The second-order valence-corrected chi connectivity index (χ2v) is 8.61. The zero-order valence-electron chi connectivity index (χ0n) is 17.1. The maximum Gasteiger partial charge on any atom is 0.274 e. The molecule has 1 aliphatic carbocycles. The quantitative estimate of drug-likeness (QED) is 0.700. The Labute approximate surface area is 167 Å². The van der Waals surface area contributed by atoms with Crippen molar-refractivity contribution in [3.05, 3.63) is 17.5 Å². The standard InChI is InChI=1S/C21H34N4O3/c1-27-12-10-24-8-6-16(7-9-24)14-25(15-18-3-2-11-28-18)21(26)20-13-19(22-23-20)17-4-5-17/h13,16-18H,2-12,14-15H2,1H3,(H,22,23)/t18-/m1/s1. The van der Waals surface area contributed by atoms with Crippen LogP contribution < -0.4 is 0 Å². The molecule has 1 aromatic heterocycles. The highest BCUT2D eigenvalue weighted by Crippen LogP contribution is 2.39. The van der Waals surface area contributed by atoms with Crippen LogP contribution in [0, 0.1) is 5.92 Å². The van der Waals surface area contributed by atoms with Crippen molar-refractivity contribution in [1.29, 1.82) is 0 Å². The molecule has 4 rings (SSSR count). The first-order valence-corrected chi connectivity index (χ1v) is 10.9. The normalized spacial score (nSPS) is 24.0. The number of nitrogens with zero attached hydrogens (tertiary/aromatic N) is 3. The van der Waals surface area contributed by atoms with E-state index in [-0.39, 0.29) is 12.0 Å². The summed E-state index contributed by atoms with van der Waals surface area (Å²) < 4.78 is 11.0. The van der Waals surface area contributed by atoms with Gasteiger partial charge in [-0.15, -0.1) is 0 Å². The van der Waals surface area contributed by atoms with Gasteiger partial charge in [-0.05, 0) is 63.6 Å². The van der Waals surface area contributed by atoms with Gasteiger partial charge in [0, 0.05) is 45.0 Å². The van der Waals surface area contributed by atoms with Gasteiger partial charge in [0.1, 0.15) is 5.69 Å². The van der Waals surface area contributed by atoms with Crippen LogP contribution >= 0.6 is 0 Å². The topological polar surface area (TPSA) is 70.7 Å². The van der Waals surface area contributed by atoms with E-state index < -0.39 is 0 Å². The van der Waals surface area contributed by atoms with E-state index in [2.05, 4.69) is 15.1 Å². The predicted octanol–water partition coefficient (Wildman–Crippen LogP) is 2.27. The number of amides is 1. The van der Waals surface area contributed by atoms with Gasteiger partial charge in [-0.2, -0.15) is 5.10 Å². The molecule has 156 valence electrons. The van der Waals surface area contributed by atoms with Crippen LogP contribution in [-0.4, -0.2) is 85.1 Å². The van der Waals surface area contributed by atoms with Crippen molar-refractivity contribution in [3.63, 3.8) is 0 Å². The summed E-state index contributed by atoms with van der Waals surface area (Å²) in [6.07, 6.45) is 6.99. The Morgan fingerprint density at radius 3 is 2.79 bits per heavy atom. The lowest BCUT2D eigenvalue weighted by molar-refractivity contribution is 0.0432. The number of piperidine rings is 1. The van der Waals surface area contributed by atoms with Crippen molar-refractivity contribution in [1.82, 2.24) is 20.0 Å². The third-order valence-electron chi connectivity index (χ3n) is 6.37. The Morgan fingerprint density at radius 1 is 1.29 bits per heavy atom. The summed E-state index contributed by atoms with van der Waals surface area (Å²) in [6, 6.07) is 1.97. The van der Waals surface area contributed by atoms with Gasteiger partial charge < -0.3 is 19.3 Å². The fourth-order valence-electron chi connectivity index (χ4n) is 4.41. The van der Waals surface area contributed by atoms with Crippen LogP contribution in [0.5, 0.6) is 0 Å². The molecule has 1 N–H and O–H groups in total. The SMILES string of the molecule is COCCN1CCC(CN(C[C@H]2CCCO2)C(=O)c2cc(C3CC3)[nH]n2)CC1. The lowest BCUT2D eigenvalue weighted by Gasteiger charge is -2.35. The first-order chi connectivity index (χ1) is 13.7. The molecular weight excluding hydrogens is 356 g/mol. The summed E-state index contributed by atoms with van der Waals surface area (Å²) >= 11 is 0. The molecule has 3 aliphatic rings. The first-order valence-electron chi connectivity index (χ1n) is 10.9. The summed E-state index contributed by atoms with van der Waals surface area (Å²) in [5, 5.41) is 7.41. The second-order valence-electron chi connectivity index (χ2n) is 8.61. The number of aromatic nitrogens is 2. The molecule has 1 saturated carbocycles. The number of aromatic amines is 1. The summed E-state index contributed by atoms with van der Waals surface area (Å²) in [5.74, 6) is 1.18. The second kappa shape index (κ2) is 9.37. The van der Waals surface area contributed by atoms with Gasteiger partial charge in [0.05, 0.1) is 12.7 Å². The molecular formula is C21H34N4O3. The monoisotopic (exact) mass is 390 g/mol. The van der Waals surface area contributed by atoms with Crippen LogP contribution in [0.25, 0.3) is 0 Å². The minimum Gasteiger partial charge on any atom is -0.383 e. The van der Waals surface area contributed by atoms with Gasteiger partial charge in [-0.3, -0.25) is 9.89 Å². The van der Waals surface area contributed by atoms with Crippen molar-refractivity contribution in [2.45, 2.75) is 50.5 Å². The van der Waals surface area contributed by atoms with Crippen LogP contribution in [-0.2, 0) is 9.47 Å². The molecule has 1 atom stereocenters. The smallest absolute Gasteiger partial charge is 0.274 e. The molecule has 0 aromatic carbocycles. The summed E-state index contributed by atoms with van der Waals surface area (Å²) in [7, 11) is 1.75. The molecule has 2 saturated heterocycles. The highest BCUT2D eigenvalue weighted by molar-refractivity contribution is 5.92. The van der Waals surface area contributed by atoms with E-state index in [9.17, 15) is 4.79 Å². The minimum atomic E-state index is 0.0560. The fourth-order valence-corrected chi connectivity index (χ4v) is 4.41. The predicted molar refractivity (Wildman–Crippen MR) is 106 cm³/mol. The number of carbonyl (C=O) groups is 1. The number of hydrogen-bond acceptors (Lipinski definition) is 5. The van der Waals surface area contributed by atoms with Crippen molar-refractivity contribution in [3.8, 4) is 0 Å². The third-order valence-corrected chi connectivity index (χ3v) is 6.37. The molecule has 0 bridgehead atoms. The van der Waals surface area contributed by atoms with E-state index in [0.717, 1.165) is 70.8 Å². The van der Waals surface area contributed by atoms with Gasteiger partial charge in [0.15, 0.2) is 0 Å². The molecule has 28 heavy (non-hydrogen) atoms. The number of likely N-dealkylation sites (tertiary alicyclic amines) is 1.